The first-order chi connectivity index (χ1) is 11.7. The molecule has 5 heteroatoms. The van der Waals surface area contributed by atoms with Gasteiger partial charge in [-0.3, -0.25) is 4.79 Å². The maximum Gasteiger partial charge on any atom is 0.253 e. The molecule has 0 atom stereocenters. The fraction of sp³-hybridized carbons (Fsp3) is 0.250. The van der Waals surface area contributed by atoms with Crippen molar-refractivity contribution >= 4 is 29.2 Å². The maximum absolute atomic E-state index is 12.6. The summed E-state index contributed by atoms with van der Waals surface area (Å²) in [4.78, 5) is 14.5. The van der Waals surface area contributed by atoms with Crippen LogP contribution >= 0.6 is 12.4 Å². The van der Waals surface area contributed by atoms with Crippen LogP contribution in [-0.2, 0) is 0 Å². The minimum atomic E-state index is 0. The number of piperazine rings is 1. The molecule has 2 aromatic carbocycles. The highest BCUT2D eigenvalue weighted by atomic mass is 35.5. The Hall–Kier alpha value is -2.30. The van der Waals surface area contributed by atoms with Gasteiger partial charge in [0.15, 0.2) is 0 Å². The average Bonchev–Trinajstić information content (AvgIpc) is 2.98. The van der Waals surface area contributed by atoms with Crippen LogP contribution in [0.15, 0.2) is 54.6 Å². The molecule has 1 fully saturated rings. The molecule has 130 valence electrons. The molecule has 3 aromatic rings. The van der Waals surface area contributed by atoms with Crippen LogP contribution in [-0.4, -0.2) is 41.6 Å². The predicted octanol–water partition coefficient (Wildman–Crippen LogP) is 3.41. The van der Waals surface area contributed by atoms with E-state index in [4.69, 9.17) is 0 Å². The Labute approximate surface area is 153 Å². The Morgan fingerprint density at radius 2 is 1.68 bits per heavy atom. The van der Waals surface area contributed by atoms with Crippen molar-refractivity contribution in [2.24, 2.45) is 0 Å². The molecule has 1 aliphatic rings. The lowest BCUT2D eigenvalue weighted by Crippen LogP contribution is -2.46. The number of rotatable bonds is 2. The molecule has 1 aromatic heterocycles. The Bertz CT molecular complexity index is 880. The lowest BCUT2D eigenvalue weighted by molar-refractivity contribution is 0.0736. The zero-order chi connectivity index (χ0) is 16.5. The summed E-state index contributed by atoms with van der Waals surface area (Å²) in [6.07, 6.45) is 0. The van der Waals surface area contributed by atoms with Gasteiger partial charge in [0, 0.05) is 48.5 Å². The van der Waals surface area contributed by atoms with Gasteiger partial charge in [0.1, 0.15) is 0 Å². The number of fused-ring (bicyclic) bond motifs is 1. The quantitative estimate of drug-likeness (QED) is 0.765. The smallest absolute Gasteiger partial charge is 0.253 e. The van der Waals surface area contributed by atoms with E-state index in [2.05, 4.69) is 47.1 Å². The summed E-state index contributed by atoms with van der Waals surface area (Å²) < 4.78 is 2.23. The largest absolute Gasteiger partial charge is 0.336 e. The van der Waals surface area contributed by atoms with Crippen LogP contribution in [0.2, 0.25) is 0 Å². The number of halogens is 1. The standard InChI is InChI=1S/C20H21N3O.ClH/c1-15-14-17-4-2-3-5-19(17)23(15)18-8-6-16(7-9-18)20(24)22-12-10-21-11-13-22;/h2-9,14,21H,10-13H2,1H3;1H. The van der Waals surface area contributed by atoms with Crippen LogP contribution < -0.4 is 5.32 Å². The van der Waals surface area contributed by atoms with Gasteiger partial charge in [0.25, 0.3) is 5.91 Å². The zero-order valence-electron chi connectivity index (χ0n) is 14.2. The number of benzene rings is 2. The fourth-order valence-corrected chi connectivity index (χ4v) is 3.44. The first-order valence-corrected chi connectivity index (χ1v) is 8.41. The van der Waals surface area contributed by atoms with Gasteiger partial charge in [0.05, 0.1) is 5.52 Å². The first-order valence-electron chi connectivity index (χ1n) is 8.41. The van der Waals surface area contributed by atoms with E-state index in [1.54, 1.807) is 0 Å². The third kappa shape index (κ3) is 3.28. The Balaban J connectivity index is 0.00000182. The van der Waals surface area contributed by atoms with Gasteiger partial charge >= 0.3 is 0 Å². The second-order valence-electron chi connectivity index (χ2n) is 6.27. The molecular formula is C20H22ClN3O. The number of hydrogen-bond donors (Lipinski definition) is 1. The lowest BCUT2D eigenvalue weighted by atomic mass is 10.1. The molecule has 0 bridgehead atoms. The van der Waals surface area contributed by atoms with Gasteiger partial charge < -0.3 is 14.8 Å². The highest BCUT2D eigenvalue weighted by Gasteiger charge is 2.18. The lowest BCUT2D eigenvalue weighted by Gasteiger charge is -2.27. The van der Waals surface area contributed by atoms with E-state index < -0.39 is 0 Å². The summed E-state index contributed by atoms with van der Waals surface area (Å²) in [7, 11) is 0. The topological polar surface area (TPSA) is 37.3 Å². The van der Waals surface area contributed by atoms with Gasteiger partial charge in [-0.2, -0.15) is 0 Å². The van der Waals surface area contributed by atoms with E-state index >= 15 is 0 Å². The average molecular weight is 356 g/mol. The number of hydrogen-bond acceptors (Lipinski definition) is 2. The van der Waals surface area contributed by atoms with Crippen molar-refractivity contribution in [3.8, 4) is 5.69 Å². The van der Waals surface area contributed by atoms with Crippen molar-refractivity contribution in [2.45, 2.75) is 6.92 Å². The van der Waals surface area contributed by atoms with Crippen LogP contribution in [0.4, 0.5) is 0 Å². The molecule has 0 unspecified atom stereocenters. The highest BCUT2D eigenvalue weighted by Crippen LogP contribution is 2.24. The number of nitrogens with zero attached hydrogens (tertiary/aromatic N) is 2. The summed E-state index contributed by atoms with van der Waals surface area (Å²) >= 11 is 0. The van der Waals surface area contributed by atoms with Crippen LogP contribution in [0.25, 0.3) is 16.6 Å². The van der Waals surface area contributed by atoms with Crippen molar-refractivity contribution in [2.75, 3.05) is 26.2 Å². The van der Waals surface area contributed by atoms with E-state index in [0.717, 1.165) is 37.4 Å². The number of carbonyl (C=O) groups is 1. The molecule has 1 amide bonds. The van der Waals surface area contributed by atoms with Crippen LogP contribution in [0.3, 0.4) is 0 Å². The molecule has 0 radical (unpaired) electrons. The fourth-order valence-electron chi connectivity index (χ4n) is 3.44. The molecule has 4 rings (SSSR count). The van der Waals surface area contributed by atoms with E-state index in [0.29, 0.717) is 0 Å². The Kier molecular flexibility index (Phi) is 5.11. The van der Waals surface area contributed by atoms with Gasteiger partial charge in [-0.25, -0.2) is 0 Å². The first kappa shape index (κ1) is 17.5. The van der Waals surface area contributed by atoms with E-state index in [1.807, 2.05) is 29.2 Å². The molecule has 1 saturated heterocycles. The van der Waals surface area contributed by atoms with E-state index in [1.165, 1.54) is 16.6 Å². The third-order valence-electron chi connectivity index (χ3n) is 4.67. The Morgan fingerprint density at radius 1 is 1.00 bits per heavy atom. The summed E-state index contributed by atoms with van der Waals surface area (Å²) in [6.45, 7) is 5.42. The number of amides is 1. The number of aromatic nitrogens is 1. The van der Waals surface area contributed by atoms with Crippen LogP contribution in [0, 0.1) is 6.92 Å². The van der Waals surface area contributed by atoms with E-state index in [-0.39, 0.29) is 18.3 Å². The van der Waals surface area contributed by atoms with E-state index in [9.17, 15) is 4.79 Å². The van der Waals surface area contributed by atoms with Gasteiger partial charge in [-0.05, 0) is 43.3 Å². The number of carbonyl (C=O) groups excluding carboxylic acids is 1. The molecule has 25 heavy (non-hydrogen) atoms. The number of para-hydroxylation sites is 1. The minimum absolute atomic E-state index is 0. The van der Waals surface area contributed by atoms with Gasteiger partial charge in [-0.1, -0.05) is 18.2 Å². The minimum Gasteiger partial charge on any atom is -0.336 e. The number of nitrogens with one attached hydrogen (secondary N) is 1. The SMILES string of the molecule is Cc1cc2ccccc2n1-c1ccc(C(=O)N2CCNCC2)cc1.Cl. The van der Waals surface area contributed by atoms with Crippen LogP contribution in [0.1, 0.15) is 16.1 Å². The van der Waals surface area contributed by atoms with Gasteiger partial charge in [0.2, 0.25) is 0 Å². The molecule has 0 spiro atoms. The molecule has 4 nitrogen and oxygen atoms in total. The van der Waals surface area contributed by atoms with Crippen LogP contribution in [0.5, 0.6) is 0 Å². The predicted molar refractivity (Wildman–Crippen MR) is 104 cm³/mol. The summed E-state index contributed by atoms with van der Waals surface area (Å²) in [6, 6.07) is 18.5. The molecule has 1 N–H and O–H groups in total. The van der Waals surface area contributed by atoms with Crippen molar-refractivity contribution in [3.05, 3.63) is 65.9 Å². The second kappa shape index (κ2) is 7.30. The third-order valence-corrected chi connectivity index (χ3v) is 4.67. The van der Waals surface area contributed by atoms with Crippen molar-refractivity contribution < 1.29 is 4.79 Å². The summed E-state index contributed by atoms with van der Waals surface area (Å²) in [5, 5.41) is 4.51. The molecule has 1 aliphatic heterocycles. The Morgan fingerprint density at radius 3 is 2.40 bits per heavy atom. The number of aryl methyl sites for hydroxylation is 1. The van der Waals surface area contributed by atoms with Crippen molar-refractivity contribution in [1.82, 2.24) is 14.8 Å². The van der Waals surface area contributed by atoms with Gasteiger partial charge in [-0.15, -0.1) is 12.4 Å². The molecule has 0 aliphatic carbocycles. The maximum atomic E-state index is 12.6. The molecule has 0 saturated carbocycles. The monoisotopic (exact) mass is 355 g/mol. The summed E-state index contributed by atoms with van der Waals surface area (Å²) in [5.41, 5.74) is 4.23. The molecule has 2 heterocycles. The summed E-state index contributed by atoms with van der Waals surface area (Å²) in [5.74, 6) is 0.122. The normalized spacial score (nSPS) is 14.4. The van der Waals surface area contributed by atoms with Crippen molar-refractivity contribution in [3.63, 3.8) is 0 Å². The van der Waals surface area contributed by atoms with Crippen molar-refractivity contribution in [1.29, 1.82) is 0 Å². The molecular weight excluding hydrogens is 334 g/mol. The highest BCUT2D eigenvalue weighted by molar-refractivity contribution is 5.94. The second-order valence-corrected chi connectivity index (χ2v) is 6.27. The zero-order valence-corrected chi connectivity index (χ0v) is 15.1.